The van der Waals surface area contributed by atoms with Crippen LogP contribution in [-0.4, -0.2) is 34.6 Å². The van der Waals surface area contributed by atoms with Crippen LogP contribution in [0.15, 0.2) is 0 Å². The highest BCUT2D eigenvalue weighted by molar-refractivity contribution is 5.72. The maximum atomic E-state index is 10.6. The number of aliphatic carboxylic acids is 1. The van der Waals surface area contributed by atoms with E-state index in [-0.39, 0.29) is 6.04 Å². The summed E-state index contributed by atoms with van der Waals surface area (Å²) in [5.74, 6) is -0.749. The fourth-order valence-electron chi connectivity index (χ4n) is 1.23. The first-order valence-corrected chi connectivity index (χ1v) is 3.99. The van der Waals surface area contributed by atoms with Crippen molar-refractivity contribution in [2.24, 2.45) is 0 Å². The molecule has 0 fully saturated rings. The summed E-state index contributed by atoms with van der Waals surface area (Å²) in [6, 6.07) is -0.0777. The van der Waals surface area contributed by atoms with Crippen LogP contribution in [0.25, 0.3) is 0 Å². The Morgan fingerprint density at radius 2 is 1.91 bits per heavy atom. The minimum Gasteiger partial charge on any atom is -0.480 e. The largest absolute Gasteiger partial charge is 0.480 e. The van der Waals surface area contributed by atoms with Gasteiger partial charge in [0.05, 0.1) is 0 Å². The van der Waals surface area contributed by atoms with Crippen molar-refractivity contribution in [1.82, 2.24) is 4.90 Å². The van der Waals surface area contributed by atoms with Crippen LogP contribution in [-0.2, 0) is 4.79 Å². The summed E-state index contributed by atoms with van der Waals surface area (Å²) < 4.78 is 0. The first-order chi connectivity index (χ1) is 5.00. The Hall–Kier alpha value is -0.570. The Balaban J connectivity index is 4.13. The number of likely N-dealkylation sites (N-methyl/N-ethyl adjacent to an activating group) is 1. The van der Waals surface area contributed by atoms with Gasteiger partial charge in [-0.1, -0.05) is 6.92 Å². The van der Waals surface area contributed by atoms with E-state index in [1.807, 2.05) is 25.7 Å². The molecule has 0 radical (unpaired) electrons. The Morgan fingerprint density at radius 3 is 2.00 bits per heavy atom. The predicted molar refractivity (Wildman–Crippen MR) is 44.6 cm³/mol. The molecule has 66 valence electrons. The third-order valence-electron chi connectivity index (χ3n) is 1.88. The SMILES string of the molecule is CCN(C(C)C)C(C)C(=O)O. The quantitative estimate of drug-likeness (QED) is 0.669. The van der Waals surface area contributed by atoms with Crippen molar-refractivity contribution in [3.05, 3.63) is 0 Å². The Bertz CT molecular complexity index is 134. The number of rotatable bonds is 4. The molecular weight excluding hydrogens is 142 g/mol. The van der Waals surface area contributed by atoms with Gasteiger partial charge in [0.25, 0.3) is 0 Å². The molecule has 3 heteroatoms. The van der Waals surface area contributed by atoms with Crippen LogP contribution < -0.4 is 0 Å². The maximum absolute atomic E-state index is 10.6. The lowest BCUT2D eigenvalue weighted by atomic mass is 10.2. The first-order valence-electron chi connectivity index (χ1n) is 3.99. The van der Waals surface area contributed by atoms with Crippen LogP contribution in [0, 0.1) is 0 Å². The van der Waals surface area contributed by atoms with Crippen LogP contribution in [0.3, 0.4) is 0 Å². The zero-order valence-electron chi connectivity index (χ0n) is 7.66. The Kier molecular flexibility index (Phi) is 4.11. The minimum absolute atomic E-state index is 0.297. The second kappa shape index (κ2) is 4.34. The fraction of sp³-hybridized carbons (Fsp3) is 0.875. The fourth-order valence-corrected chi connectivity index (χ4v) is 1.23. The molecule has 0 aliphatic carbocycles. The predicted octanol–water partition coefficient (Wildman–Crippen LogP) is 1.19. The van der Waals surface area contributed by atoms with Crippen molar-refractivity contribution in [3.63, 3.8) is 0 Å². The molecule has 0 aromatic carbocycles. The highest BCUT2D eigenvalue weighted by Gasteiger charge is 2.20. The number of carboxylic acid groups (broad SMARTS) is 1. The molecule has 0 spiro atoms. The Labute approximate surface area is 68.0 Å². The summed E-state index contributed by atoms with van der Waals surface area (Å²) in [6.45, 7) is 8.47. The smallest absolute Gasteiger partial charge is 0.320 e. The van der Waals surface area contributed by atoms with Gasteiger partial charge in [0, 0.05) is 6.04 Å². The number of carboxylic acids is 1. The van der Waals surface area contributed by atoms with E-state index in [0.717, 1.165) is 6.54 Å². The lowest BCUT2D eigenvalue weighted by Gasteiger charge is -2.28. The van der Waals surface area contributed by atoms with Crippen LogP contribution in [0.2, 0.25) is 0 Å². The summed E-state index contributed by atoms with van der Waals surface area (Å²) >= 11 is 0. The number of carbonyl (C=O) groups is 1. The van der Waals surface area contributed by atoms with Crippen molar-refractivity contribution in [1.29, 1.82) is 0 Å². The van der Waals surface area contributed by atoms with Gasteiger partial charge < -0.3 is 5.11 Å². The molecule has 1 unspecified atom stereocenters. The molecule has 0 aromatic rings. The van der Waals surface area contributed by atoms with E-state index in [4.69, 9.17) is 5.11 Å². The van der Waals surface area contributed by atoms with E-state index in [1.54, 1.807) is 6.92 Å². The van der Waals surface area contributed by atoms with Gasteiger partial charge in [0.1, 0.15) is 6.04 Å². The molecule has 1 atom stereocenters. The van der Waals surface area contributed by atoms with E-state index < -0.39 is 5.97 Å². The van der Waals surface area contributed by atoms with Crippen molar-refractivity contribution in [3.8, 4) is 0 Å². The van der Waals surface area contributed by atoms with E-state index in [2.05, 4.69) is 0 Å². The normalized spacial score (nSPS) is 14.0. The third kappa shape index (κ3) is 2.89. The molecule has 0 rings (SSSR count). The molecule has 11 heavy (non-hydrogen) atoms. The topological polar surface area (TPSA) is 40.5 Å². The van der Waals surface area contributed by atoms with E-state index >= 15 is 0 Å². The third-order valence-corrected chi connectivity index (χ3v) is 1.88. The molecule has 0 aromatic heterocycles. The summed E-state index contributed by atoms with van der Waals surface area (Å²) in [5, 5.41) is 8.69. The van der Waals surface area contributed by atoms with E-state index in [0.29, 0.717) is 6.04 Å². The number of nitrogens with zero attached hydrogens (tertiary/aromatic N) is 1. The van der Waals surface area contributed by atoms with Gasteiger partial charge in [-0.3, -0.25) is 9.69 Å². The van der Waals surface area contributed by atoms with Crippen LogP contribution in [0.5, 0.6) is 0 Å². The molecule has 0 bridgehead atoms. The summed E-state index contributed by atoms with van der Waals surface area (Å²) in [4.78, 5) is 12.5. The highest BCUT2D eigenvalue weighted by atomic mass is 16.4. The van der Waals surface area contributed by atoms with E-state index in [1.165, 1.54) is 0 Å². The molecule has 0 aliphatic rings. The van der Waals surface area contributed by atoms with Gasteiger partial charge >= 0.3 is 5.97 Å². The molecule has 0 amide bonds. The molecule has 0 saturated heterocycles. The zero-order chi connectivity index (χ0) is 9.02. The standard InChI is InChI=1S/C8H17NO2/c1-5-9(6(2)3)7(4)8(10)11/h6-7H,5H2,1-4H3,(H,10,11). The van der Waals surface area contributed by atoms with Crippen molar-refractivity contribution >= 4 is 5.97 Å². The lowest BCUT2D eigenvalue weighted by Crippen LogP contribution is -2.43. The van der Waals surface area contributed by atoms with Crippen LogP contribution >= 0.6 is 0 Å². The molecule has 0 heterocycles. The summed E-state index contributed by atoms with van der Waals surface area (Å²) in [6.07, 6.45) is 0. The van der Waals surface area contributed by atoms with Gasteiger partial charge in [-0.05, 0) is 27.3 Å². The lowest BCUT2D eigenvalue weighted by molar-refractivity contribution is -0.143. The monoisotopic (exact) mass is 159 g/mol. The van der Waals surface area contributed by atoms with Crippen molar-refractivity contribution < 1.29 is 9.90 Å². The second-order valence-corrected chi connectivity index (χ2v) is 2.94. The van der Waals surface area contributed by atoms with Crippen LogP contribution in [0.4, 0.5) is 0 Å². The van der Waals surface area contributed by atoms with Gasteiger partial charge in [-0.15, -0.1) is 0 Å². The average Bonchev–Trinajstić information content (AvgIpc) is 1.88. The van der Waals surface area contributed by atoms with Crippen molar-refractivity contribution in [2.45, 2.75) is 39.8 Å². The first kappa shape index (κ1) is 10.4. The second-order valence-electron chi connectivity index (χ2n) is 2.94. The van der Waals surface area contributed by atoms with Gasteiger partial charge in [0.2, 0.25) is 0 Å². The number of hydrogen-bond donors (Lipinski definition) is 1. The number of hydrogen-bond acceptors (Lipinski definition) is 2. The highest BCUT2D eigenvalue weighted by Crippen LogP contribution is 2.04. The maximum Gasteiger partial charge on any atom is 0.320 e. The van der Waals surface area contributed by atoms with Crippen molar-refractivity contribution in [2.75, 3.05) is 6.54 Å². The Morgan fingerprint density at radius 1 is 1.45 bits per heavy atom. The van der Waals surface area contributed by atoms with Gasteiger partial charge in [-0.25, -0.2) is 0 Å². The molecule has 0 aliphatic heterocycles. The minimum atomic E-state index is -0.749. The summed E-state index contributed by atoms with van der Waals surface area (Å²) in [7, 11) is 0. The van der Waals surface area contributed by atoms with Crippen LogP contribution in [0.1, 0.15) is 27.7 Å². The zero-order valence-corrected chi connectivity index (χ0v) is 7.66. The average molecular weight is 159 g/mol. The molecular formula is C8H17NO2. The van der Waals surface area contributed by atoms with Gasteiger partial charge in [0.15, 0.2) is 0 Å². The molecule has 3 nitrogen and oxygen atoms in total. The molecule has 0 saturated carbocycles. The molecule has 1 N–H and O–H groups in total. The van der Waals surface area contributed by atoms with E-state index in [9.17, 15) is 4.79 Å². The van der Waals surface area contributed by atoms with Gasteiger partial charge in [-0.2, -0.15) is 0 Å². The summed E-state index contributed by atoms with van der Waals surface area (Å²) in [5.41, 5.74) is 0.